The first-order chi connectivity index (χ1) is 10.9. The van der Waals surface area contributed by atoms with Crippen LogP contribution in [0.15, 0.2) is 61.5 Å². The van der Waals surface area contributed by atoms with Gasteiger partial charge in [-0.3, -0.25) is 9.29 Å². The second kappa shape index (κ2) is 5.78. The molecule has 120 valence electrons. The summed E-state index contributed by atoms with van der Waals surface area (Å²) in [6.07, 6.45) is 1.87. The number of fused-ring (bicyclic) bond motifs is 1. The molecule has 0 saturated heterocycles. The molecule has 3 aromatic rings. The zero-order chi connectivity index (χ0) is 16.6. The molecule has 0 aliphatic carbocycles. The lowest BCUT2D eigenvalue weighted by Crippen LogP contribution is -2.13. The summed E-state index contributed by atoms with van der Waals surface area (Å²) < 4.78 is 34.0. The summed E-state index contributed by atoms with van der Waals surface area (Å²) in [5.74, 6) is -0.532. The number of rotatable bonds is 4. The Bertz CT molecular complexity index is 1040. The molecule has 6 nitrogen and oxygen atoms in total. The lowest BCUT2D eigenvalue weighted by atomic mass is 10.3. The molecular weight excluding hydrogens is 336 g/mol. The van der Waals surface area contributed by atoms with Gasteiger partial charge in [-0.25, -0.2) is 13.2 Å². The van der Waals surface area contributed by atoms with Crippen LogP contribution < -0.4 is 10.5 Å². The van der Waals surface area contributed by atoms with Crippen molar-refractivity contribution in [2.45, 2.75) is 9.79 Å². The van der Waals surface area contributed by atoms with Crippen LogP contribution in [0.3, 0.4) is 0 Å². The third kappa shape index (κ3) is 2.87. The highest BCUT2D eigenvalue weighted by Gasteiger charge is 2.18. The standard InChI is InChI=1S/C15H14N2O4S2/c1-17-12-8-7-10(9-13(12)21-15(17)18)23(19,20)16-11-5-3-4-6-14(11)22-2/h3-9,16H,1-2H3. The Morgan fingerprint density at radius 1 is 1.17 bits per heavy atom. The van der Waals surface area contributed by atoms with E-state index in [1.807, 2.05) is 18.4 Å². The van der Waals surface area contributed by atoms with E-state index in [1.165, 1.54) is 28.5 Å². The Balaban J connectivity index is 2.04. The fourth-order valence-corrected chi connectivity index (χ4v) is 3.93. The van der Waals surface area contributed by atoms with Gasteiger partial charge in [-0.05, 0) is 30.5 Å². The van der Waals surface area contributed by atoms with Gasteiger partial charge >= 0.3 is 5.76 Å². The summed E-state index contributed by atoms with van der Waals surface area (Å²) in [5, 5.41) is 0. The summed E-state index contributed by atoms with van der Waals surface area (Å²) >= 11 is 1.45. The van der Waals surface area contributed by atoms with Crippen LogP contribution in [0.25, 0.3) is 11.1 Å². The predicted octanol–water partition coefficient (Wildman–Crippen LogP) is 2.65. The van der Waals surface area contributed by atoms with E-state index in [9.17, 15) is 13.2 Å². The molecule has 0 atom stereocenters. The average molecular weight is 350 g/mol. The van der Waals surface area contributed by atoms with E-state index in [1.54, 1.807) is 25.2 Å². The van der Waals surface area contributed by atoms with E-state index in [0.29, 0.717) is 11.2 Å². The molecule has 2 aromatic carbocycles. The molecular formula is C15H14N2O4S2. The molecule has 0 spiro atoms. The number of hydrogen-bond acceptors (Lipinski definition) is 5. The summed E-state index contributed by atoms with van der Waals surface area (Å²) in [6.45, 7) is 0. The molecule has 0 bridgehead atoms. The van der Waals surface area contributed by atoms with Crippen molar-refractivity contribution in [1.29, 1.82) is 0 Å². The van der Waals surface area contributed by atoms with Crippen LogP contribution in [-0.2, 0) is 17.1 Å². The van der Waals surface area contributed by atoms with Gasteiger partial charge in [0.15, 0.2) is 5.58 Å². The lowest BCUT2D eigenvalue weighted by molar-refractivity contribution is 0.527. The smallest absolute Gasteiger partial charge is 0.408 e. The van der Waals surface area contributed by atoms with E-state index in [-0.39, 0.29) is 10.5 Å². The summed E-state index contributed by atoms with van der Waals surface area (Å²) in [7, 11) is -2.21. The monoisotopic (exact) mass is 350 g/mol. The van der Waals surface area contributed by atoms with Crippen LogP contribution in [0.1, 0.15) is 0 Å². The molecule has 1 N–H and O–H groups in total. The SMILES string of the molecule is CSc1ccccc1NS(=O)(=O)c1ccc2c(c1)oc(=O)n2C. The molecule has 0 unspecified atom stereocenters. The van der Waals surface area contributed by atoms with Crippen LogP contribution >= 0.6 is 11.8 Å². The van der Waals surface area contributed by atoms with Crippen molar-refractivity contribution in [3.8, 4) is 0 Å². The quantitative estimate of drug-likeness (QED) is 0.732. The first-order valence-corrected chi connectivity index (χ1v) is 9.38. The number of hydrogen-bond donors (Lipinski definition) is 1. The molecule has 0 amide bonds. The van der Waals surface area contributed by atoms with Gasteiger partial charge in [-0.1, -0.05) is 12.1 Å². The topological polar surface area (TPSA) is 81.3 Å². The van der Waals surface area contributed by atoms with Gasteiger partial charge in [0, 0.05) is 18.0 Å². The van der Waals surface area contributed by atoms with Crippen molar-refractivity contribution < 1.29 is 12.8 Å². The maximum atomic E-state index is 12.6. The van der Waals surface area contributed by atoms with Crippen LogP contribution in [0.2, 0.25) is 0 Å². The van der Waals surface area contributed by atoms with Crippen molar-refractivity contribution in [3.05, 3.63) is 53.0 Å². The lowest BCUT2D eigenvalue weighted by Gasteiger charge is -2.11. The molecule has 0 aliphatic heterocycles. The molecule has 0 aliphatic rings. The highest BCUT2D eigenvalue weighted by Crippen LogP contribution is 2.27. The van der Waals surface area contributed by atoms with Gasteiger partial charge in [0.1, 0.15) is 0 Å². The first kappa shape index (κ1) is 15.7. The normalized spacial score (nSPS) is 11.7. The van der Waals surface area contributed by atoms with Crippen molar-refractivity contribution in [2.75, 3.05) is 11.0 Å². The minimum Gasteiger partial charge on any atom is -0.408 e. The third-order valence-corrected chi connectivity index (χ3v) is 5.58. The third-order valence-electron chi connectivity index (χ3n) is 3.43. The zero-order valence-corrected chi connectivity index (χ0v) is 14.1. The fraction of sp³-hybridized carbons (Fsp3) is 0.133. The first-order valence-electron chi connectivity index (χ1n) is 6.68. The van der Waals surface area contributed by atoms with Gasteiger partial charge < -0.3 is 4.42 Å². The fourth-order valence-electron chi connectivity index (χ4n) is 2.21. The highest BCUT2D eigenvalue weighted by molar-refractivity contribution is 7.99. The second-order valence-electron chi connectivity index (χ2n) is 4.86. The number of sulfonamides is 1. The number of para-hydroxylation sites is 1. The number of nitrogens with one attached hydrogen (secondary N) is 1. The van der Waals surface area contributed by atoms with E-state index >= 15 is 0 Å². The van der Waals surface area contributed by atoms with Gasteiger partial charge in [0.05, 0.1) is 16.1 Å². The van der Waals surface area contributed by atoms with Crippen molar-refractivity contribution in [1.82, 2.24) is 4.57 Å². The maximum absolute atomic E-state index is 12.6. The molecule has 0 radical (unpaired) electrons. The van der Waals surface area contributed by atoms with Gasteiger partial charge in [-0.2, -0.15) is 0 Å². The number of anilines is 1. The highest BCUT2D eigenvalue weighted by atomic mass is 32.2. The minimum atomic E-state index is -3.78. The average Bonchev–Trinajstić information content (AvgIpc) is 2.82. The summed E-state index contributed by atoms with van der Waals surface area (Å²) in [4.78, 5) is 12.4. The maximum Gasteiger partial charge on any atom is 0.419 e. The van der Waals surface area contributed by atoms with Gasteiger partial charge in [0.2, 0.25) is 0 Å². The predicted molar refractivity (Wildman–Crippen MR) is 90.5 cm³/mol. The Morgan fingerprint density at radius 3 is 2.65 bits per heavy atom. The largest absolute Gasteiger partial charge is 0.419 e. The number of nitrogens with zero attached hydrogens (tertiary/aromatic N) is 1. The molecule has 1 aromatic heterocycles. The van der Waals surface area contributed by atoms with Crippen molar-refractivity contribution >= 4 is 38.6 Å². The molecule has 0 fully saturated rings. The molecule has 1 heterocycles. The molecule has 23 heavy (non-hydrogen) atoms. The van der Waals surface area contributed by atoms with Crippen LogP contribution in [0, 0.1) is 0 Å². The zero-order valence-electron chi connectivity index (χ0n) is 12.4. The Labute approximate surface area is 137 Å². The molecule has 0 saturated carbocycles. The number of benzene rings is 2. The summed E-state index contributed by atoms with van der Waals surface area (Å²) in [5.41, 5.74) is 1.28. The van der Waals surface area contributed by atoms with Crippen LogP contribution in [0.4, 0.5) is 5.69 Å². The van der Waals surface area contributed by atoms with Gasteiger partial charge in [0.25, 0.3) is 10.0 Å². The number of aromatic nitrogens is 1. The number of thioether (sulfide) groups is 1. The summed E-state index contributed by atoms with van der Waals surface area (Å²) in [6, 6.07) is 11.5. The van der Waals surface area contributed by atoms with Crippen molar-refractivity contribution in [2.24, 2.45) is 7.05 Å². The molecule has 8 heteroatoms. The second-order valence-corrected chi connectivity index (χ2v) is 7.39. The van der Waals surface area contributed by atoms with Gasteiger partial charge in [-0.15, -0.1) is 11.8 Å². The van der Waals surface area contributed by atoms with E-state index in [2.05, 4.69) is 4.72 Å². The Hall–Kier alpha value is -2.19. The van der Waals surface area contributed by atoms with E-state index < -0.39 is 15.8 Å². The van der Waals surface area contributed by atoms with E-state index in [0.717, 1.165) is 4.90 Å². The number of aryl methyl sites for hydroxylation is 1. The van der Waals surface area contributed by atoms with E-state index in [4.69, 9.17) is 4.42 Å². The number of oxazole rings is 1. The van der Waals surface area contributed by atoms with Crippen molar-refractivity contribution in [3.63, 3.8) is 0 Å². The minimum absolute atomic E-state index is 0.0373. The Morgan fingerprint density at radius 2 is 1.91 bits per heavy atom. The van der Waals surface area contributed by atoms with Crippen LogP contribution in [-0.4, -0.2) is 19.2 Å². The van der Waals surface area contributed by atoms with Crippen LogP contribution in [0.5, 0.6) is 0 Å². The Kier molecular flexibility index (Phi) is 3.95. The molecule has 3 rings (SSSR count).